The highest BCUT2D eigenvalue weighted by Crippen LogP contribution is 2.21. The summed E-state index contributed by atoms with van der Waals surface area (Å²) in [5.74, 6) is -0.877. The van der Waals surface area contributed by atoms with Gasteiger partial charge in [0.25, 0.3) is 0 Å². The largest absolute Gasteiger partial charge is 0.422 e. The summed E-state index contributed by atoms with van der Waals surface area (Å²) in [5, 5.41) is 0.160. The van der Waals surface area contributed by atoms with Gasteiger partial charge < -0.3 is 4.42 Å². The molecular formula is C17H10BrN3O4. The lowest BCUT2D eigenvalue weighted by Crippen LogP contribution is -2.22. The van der Waals surface area contributed by atoms with Crippen molar-refractivity contribution in [2.45, 2.75) is 0 Å². The Labute approximate surface area is 148 Å². The molecule has 8 heteroatoms. The lowest BCUT2D eigenvalue weighted by molar-refractivity contribution is 0.102. The van der Waals surface area contributed by atoms with Crippen molar-refractivity contribution >= 4 is 38.1 Å². The summed E-state index contributed by atoms with van der Waals surface area (Å²) in [4.78, 5) is 40.7. The van der Waals surface area contributed by atoms with Gasteiger partial charge in [0.1, 0.15) is 4.60 Å². The maximum absolute atomic E-state index is 12.9. The number of nitrogens with zero attached hydrogens (tertiary/aromatic N) is 3. The fourth-order valence-corrected chi connectivity index (χ4v) is 3.21. The van der Waals surface area contributed by atoms with E-state index in [0.29, 0.717) is 10.1 Å². The molecule has 0 bridgehead atoms. The second kappa shape index (κ2) is 5.52. The van der Waals surface area contributed by atoms with Gasteiger partial charge in [-0.05, 0) is 46.3 Å². The quantitative estimate of drug-likeness (QED) is 0.482. The minimum absolute atomic E-state index is 0.160. The van der Waals surface area contributed by atoms with E-state index in [4.69, 9.17) is 0 Å². The number of rotatable bonds is 2. The Morgan fingerprint density at radius 2 is 1.96 bits per heavy atom. The summed E-state index contributed by atoms with van der Waals surface area (Å²) in [6, 6.07) is 9.99. The molecule has 3 aromatic heterocycles. The highest BCUT2D eigenvalue weighted by molar-refractivity contribution is 9.10. The Morgan fingerprint density at radius 3 is 2.76 bits per heavy atom. The standard InChI is InChI=1S/C17H10BrN3O4/c1-20-11-6-5-9(8-10(11)16(23)25-17(20)24)13(22)15-19-14(18)12-4-2-3-7-21(12)15/h2-8H,1H3. The van der Waals surface area contributed by atoms with E-state index in [1.54, 1.807) is 28.8 Å². The van der Waals surface area contributed by atoms with Gasteiger partial charge in [-0.3, -0.25) is 13.8 Å². The Bertz CT molecular complexity index is 1280. The van der Waals surface area contributed by atoms with E-state index in [9.17, 15) is 14.4 Å². The second-order valence-corrected chi connectivity index (χ2v) is 6.21. The molecule has 7 nitrogen and oxygen atoms in total. The van der Waals surface area contributed by atoms with E-state index < -0.39 is 11.4 Å². The summed E-state index contributed by atoms with van der Waals surface area (Å²) in [6.45, 7) is 0. The molecule has 4 aromatic rings. The van der Waals surface area contributed by atoms with Gasteiger partial charge in [0.2, 0.25) is 5.78 Å². The highest BCUT2D eigenvalue weighted by Gasteiger charge is 2.19. The minimum atomic E-state index is -0.776. The molecule has 0 fully saturated rings. The first-order valence-corrected chi connectivity index (χ1v) is 8.08. The van der Waals surface area contributed by atoms with E-state index in [1.807, 2.05) is 12.1 Å². The maximum Gasteiger partial charge on any atom is 0.422 e. The van der Waals surface area contributed by atoms with E-state index in [2.05, 4.69) is 25.3 Å². The van der Waals surface area contributed by atoms with Crippen LogP contribution in [0.3, 0.4) is 0 Å². The molecule has 124 valence electrons. The van der Waals surface area contributed by atoms with Gasteiger partial charge >= 0.3 is 11.4 Å². The fourth-order valence-electron chi connectivity index (χ4n) is 2.72. The number of ketones is 1. The lowest BCUT2D eigenvalue weighted by atomic mass is 10.1. The lowest BCUT2D eigenvalue weighted by Gasteiger charge is -2.05. The van der Waals surface area contributed by atoms with Crippen LogP contribution < -0.4 is 11.4 Å². The Kier molecular flexibility index (Phi) is 3.43. The van der Waals surface area contributed by atoms with Gasteiger partial charge in [0.05, 0.1) is 16.4 Å². The summed E-state index contributed by atoms with van der Waals surface area (Å²) < 4.78 is 8.08. The predicted molar refractivity (Wildman–Crippen MR) is 94.0 cm³/mol. The molecule has 25 heavy (non-hydrogen) atoms. The predicted octanol–water partition coefficient (Wildman–Crippen LogP) is 2.13. The number of benzene rings is 1. The number of imidazole rings is 1. The molecular weight excluding hydrogens is 390 g/mol. The SMILES string of the molecule is Cn1c(=O)oc(=O)c2cc(C(=O)c3nc(Br)c4ccccn34)ccc21. The minimum Gasteiger partial charge on any atom is -0.372 e. The van der Waals surface area contributed by atoms with Crippen LogP contribution in [-0.2, 0) is 7.05 Å². The van der Waals surface area contributed by atoms with Crippen LogP contribution in [0.2, 0.25) is 0 Å². The number of carbonyl (C=O) groups is 1. The molecule has 0 atom stereocenters. The number of halogens is 1. The van der Waals surface area contributed by atoms with Crippen molar-refractivity contribution in [3.8, 4) is 0 Å². The number of aromatic nitrogens is 3. The van der Waals surface area contributed by atoms with Crippen LogP contribution in [-0.4, -0.2) is 19.7 Å². The molecule has 0 N–H and O–H groups in total. The molecule has 0 aliphatic carbocycles. The topological polar surface area (TPSA) is 86.6 Å². The molecule has 3 heterocycles. The monoisotopic (exact) mass is 399 g/mol. The van der Waals surface area contributed by atoms with Gasteiger partial charge in [-0.25, -0.2) is 14.6 Å². The third-order valence-corrected chi connectivity index (χ3v) is 4.58. The summed E-state index contributed by atoms with van der Waals surface area (Å²) in [7, 11) is 1.49. The molecule has 0 aliphatic heterocycles. The summed E-state index contributed by atoms with van der Waals surface area (Å²) in [6.07, 6.45) is 1.74. The van der Waals surface area contributed by atoms with Crippen molar-refractivity contribution < 1.29 is 9.21 Å². The molecule has 0 unspecified atom stereocenters. The van der Waals surface area contributed by atoms with Crippen LogP contribution in [0.5, 0.6) is 0 Å². The van der Waals surface area contributed by atoms with Crippen LogP contribution in [0.1, 0.15) is 16.2 Å². The van der Waals surface area contributed by atoms with Crippen LogP contribution in [0, 0.1) is 0 Å². The molecule has 4 rings (SSSR count). The van der Waals surface area contributed by atoms with E-state index in [1.165, 1.54) is 17.7 Å². The molecule has 0 saturated heterocycles. The molecule has 0 saturated carbocycles. The van der Waals surface area contributed by atoms with Crippen LogP contribution in [0.25, 0.3) is 16.4 Å². The summed E-state index contributed by atoms with van der Waals surface area (Å²) in [5.41, 5.74) is 0.657. The fraction of sp³-hybridized carbons (Fsp3) is 0.0588. The molecule has 0 amide bonds. The van der Waals surface area contributed by atoms with Gasteiger partial charge in [0.15, 0.2) is 5.82 Å². The number of pyridine rings is 1. The zero-order valence-electron chi connectivity index (χ0n) is 12.9. The van der Waals surface area contributed by atoms with Crippen molar-refractivity contribution in [3.63, 3.8) is 0 Å². The van der Waals surface area contributed by atoms with Gasteiger partial charge in [-0.1, -0.05) is 6.07 Å². The van der Waals surface area contributed by atoms with Crippen molar-refractivity contribution in [2.24, 2.45) is 7.05 Å². The number of carbonyl (C=O) groups excluding carboxylic acids is 1. The Morgan fingerprint density at radius 1 is 1.16 bits per heavy atom. The molecule has 0 aliphatic rings. The van der Waals surface area contributed by atoms with Crippen LogP contribution in [0.4, 0.5) is 0 Å². The normalized spacial score (nSPS) is 11.3. The van der Waals surface area contributed by atoms with Crippen molar-refractivity contribution in [3.05, 3.63) is 79.6 Å². The maximum atomic E-state index is 12.9. The Hall–Kier alpha value is -3.00. The van der Waals surface area contributed by atoms with Crippen molar-refractivity contribution in [2.75, 3.05) is 0 Å². The second-order valence-electron chi connectivity index (χ2n) is 5.46. The average molecular weight is 400 g/mol. The smallest absolute Gasteiger partial charge is 0.372 e. The first-order chi connectivity index (χ1) is 12.0. The van der Waals surface area contributed by atoms with Gasteiger partial charge in [-0.2, -0.15) is 0 Å². The number of fused-ring (bicyclic) bond motifs is 2. The van der Waals surface area contributed by atoms with Gasteiger partial charge in [-0.15, -0.1) is 0 Å². The average Bonchev–Trinajstić information content (AvgIpc) is 2.96. The third-order valence-electron chi connectivity index (χ3n) is 4.00. The molecule has 0 spiro atoms. The third kappa shape index (κ3) is 2.33. The molecule has 0 radical (unpaired) electrons. The zero-order chi connectivity index (χ0) is 17.7. The number of hydrogen-bond acceptors (Lipinski definition) is 5. The first kappa shape index (κ1) is 15.5. The van der Waals surface area contributed by atoms with Crippen LogP contribution in [0.15, 0.2) is 61.2 Å². The van der Waals surface area contributed by atoms with E-state index in [0.717, 1.165) is 5.52 Å². The van der Waals surface area contributed by atoms with Crippen molar-refractivity contribution in [1.29, 1.82) is 0 Å². The first-order valence-electron chi connectivity index (χ1n) is 7.28. The van der Waals surface area contributed by atoms with Crippen LogP contribution >= 0.6 is 15.9 Å². The summed E-state index contributed by atoms with van der Waals surface area (Å²) >= 11 is 3.34. The number of hydrogen-bond donors (Lipinski definition) is 0. The zero-order valence-corrected chi connectivity index (χ0v) is 14.5. The highest BCUT2D eigenvalue weighted by atomic mass is 79.9. The Balaban J connectivity index is 1.94. The van der Waals surface area contributed by atoms with Gasteiger partial charge in [0, 0.05) is 18.8 Å². The van der Waals surface area contributed by atoms with E-state index >= 15 is 0 Å². The van der Waals surface area contributed by atoms with Crippen molar-refractivity contribution in [1.82, 2.24) is 14.0 Å². The molecule has 1 aromatic carbocycles. The number of aryl methyl sites for hydroxylation is 1. The van der Waals surface area contributed by atoms with E-state index in [-0.39, 0.29) is 22.6 Å².